The van der Waals surface area contributed by atoms with E-state index in [4.69, 9.17) is 17.3 Å². The molecule has 5 nitrogen and oxygen atoms in total. The zero-order chi connectivity index (χ0) is 12.9. The molecular weight excluding hydrogens is 250 g/mol. The van der Waals surface area contributed by atoms with Crippen LogP contribution in [-0.4, -0.2) is 20.2 Å². The molecule has 18 heavy (non-hydrogen) atoms. The normalized spacial score (nSPS) is 20.9. The molecule has 0 radical (unpaired) electrons. The zero-order valence-electron chi connectivity index (χ0n) is 10.3. The fraction of sp³-hybridized carbons (Fsp3) is 0.417. The van der Waals surface area contributed by atoms with Crippen molar-refractivity contribution in [1.29, 1.82) is 0 Å². The second kappa shape index (κ2) is 3.68. The Balaban J connectivity index is 2.11. The van der Waals surface area contributed by atoms with Crippen molar-refractivity contribution < 1.29 is 0 Å². The van der Waals surface area contributed by atoms with E-state index in [1.54, 1.807) is 12.1 Å². The van der Waals surface area contributed by atoms with Gasteiger partial charge in [0.2, 0.25) is 0 Å². The second-order valence-corrected chi connectivity index (χ2v) is 5.77. The molecule has 2 aromatic rings. The van der Waals surface area contributed by atoms with Gasteiger partial charge in [-0.3, -0.25) is 0 Å². The second-order valence-electron chi connectivity index (χ2n) is 5.36. The molecule has 1 unspecified atom stereocenters. The molecule has 94 valence electrons. The van der Waals surface area contributed by atoms with Crippen molar-refractivity contribution in [2.45, 2.75) is 26.3 Å². The van der Waals surface area contributed by atoms with Gasteiger partial charge in [-0.15, -0.1) is 5.10 Å². The summed E-state index contributed by atoms with van der Waals surface area (Å²) >= 11 is 6.20. The first-order chi connectivity index (χ1) is 8.50. The molecule has 0 bridgehead atoms. The van der Waals surface area contributed by atoms with E-state index < -0.39 is 0 Å². The number of anilines is 1. The highest BCUT2D eigenvalue weighted by Gasteiger charge is 2.49. The number of aromatic nitrogens is 4. The molecule has 2 N–H and O–H groups in total. The highest BCUT2D eigenvalue weighted by molar-refractivity contribution is 6.33. The minimum absolute atomic E-state index is 0.236. The summed E-state index contributed by atoms with van der Waals surface area (Å²) in [5.74, 6) is 0.647. The van der Waals surface area contributed by atoms with Crippen molar-refractivity contribution in [3.63, 3.8) is 0 Å². The summed E-state index contributed by atoms with van der Waals surface area (Å²) in [4.78, 5) is 0. The van der Waals surface area contributed by atoms with Gasteiger partial charge in [0.05, 0.1) is 16.6 Å². The highest BCUT2D eigenvalue weighted by Crippen LogP contribution is 2.56. The van der Waals surface area contributed by atoms with Crippen molar-refractivity contribution in [1.82, 2.24) is 20.2 Å². The van der Waals surface area contributed by atoms with Crippen LogP contribution < -0.4 is 5.73 Å². The number of hydrogen-bond acceptors (Lipinski definition) is 4. The Morgan fingerprint density at radius 3 is 2.78 bits per heavy atom. The van der Waals surface area contributed by atoms with Gasteiger partial charge in [-0.05, 0) is 34.4 Å². The van der Waals surface area contributed by atoms with Gasteiger partial charge in [0.15, 0.2) is 5.82 Å². The Morgan fingerprint density at radius 1 is 1.44 bits per heavy atom. The van der Waals surface area contributed by atoms with Crippen LogP contribution in [0.1, 0.15) is 26.3 Å². The average molecular weight is 264 g/mol. The Hall–Kier alpha value is -1.62. The predicted octanol–water partition coefficient (Wildman–Crippen LogP) is 2.55. The molecule has 1 aliphatic carbocycles. The lowest BCUT2D eigenvalue weighted by Gasteiger charge is -2.09. The van der Waals surface area contributed by atoms with E-state index in [1.807, 2.05) is 10.7 Å². The lowest BCUT2D eigenvalue weighted by Crippen LogP contribution is -2.06. The molecule has 1 fully saturated rings. The van der Waals surface area contributed by atoms with Crippen LogP contribution in [0.15, 0.2) is 18.2 Å². The molecule has 1 aliphatic rings. The molecule has 1 saturated carbocycles. The molecule has 0 spiro atoms. The van der Waals surface area contributed by atoms with Gasteiger partial charge in [-0.2, -0.15) is 0 Å². The van der Waals surface area contributed by atoms with Gasteiger partial charge in [-0.1, -0.05) is 31.5 Å². The molecule has 3 rings (SSSR count). The molecular formula is C12H14ClN5. The van der Waals surface area contributed by atoms with Crippen molar-refractivity contribution in [3.8, 4) is 11.4 Å². The SMILES string of the molecule is CC1(C)CC1n1nnnc1-c1c(N)cccc1Cl. The van der Waals surface area contributed by atoms with Crippen LogP contribution in [0.5, 0.6) is 0 Å². The number of rotatable bonds is 2. The van der Waals surface area contributed by atoms with Crippen LogP contribution in [0.3, 0.4) is 0 Å². The van der Waals surface area contributed by atoms with Crippen LogP contribution in [0.4, 0.5) is 5.69 Å². The first kappa shape index (κ1) is 11.5. The van der Waals surface area contributed by atoms with Gasteiger partial charge < -0.3 is 5.73 Å². The summed E-state index contributed by atoms with van der Waals surface area (Å²) in [5, 5.41) is 12.5. The predicted molar refractivity (Wildman–Crippen MR) is 70.1 cm³/mol. The summed E-state index contributed by atoms with van der Waals surface area (Å²) in [6.07, 6.45) is 1.06. The Bertz CT molecular complexity index is 584. The van der Waals surface area contributed by atoms with Gasteiger partial charge in [0.1, 0.15) is 0 Å². The fourth-order valence-electron chi connectivity index (χ4n) is 2.20. The van der Waals surface area contributed by atoms with E-state index in [0.29, 0.717) is 28.1 Å². The van der Waals surface area contributed by atoms with Gasteiger partial charge in [-0.25, -0.2) is 4.68 Å². The van der Waals surface area contributed by atoms with E-state index in [9.17, 15) is 0 Å². The first-order valence-corrected chi connectivity index (χ1v) is 6.21. The Kier molecular flexibility index (Phi) is 2.35. The molecule has 1 aromatic heterocycles. The summed E-state index contributed by atoms with van der Waals surface area (Å²) in [7, 11) is 0. The monoisotopic (exact) mass is 263 g/mol. The number of nitrogens with two attached hydrogens (primary N) is 1. The Morgan fingerprint density at radius 2 is 2.17 bits per heavy atom. The van der Waals surface area contributed by atoms with E-state index in [-0.39, 0.29) is 5.41 Å². The third-order valence-electron chi connectivity index (χ3n) is 3.52. The molecule has 1 atom stereocenters. The van der Waals surface area contributed by atoms with Gasteiger partial charge in [0.25, 0.3) is 0 Å². The number of hydrogen-bond donors (Lipinski definition) is 1. The number of tetrazole rings is 1. The van der Waals surface area contributed by atoms with Crippen molar-refractivity contribution in [3.05, 3.63) is 23.2 Å². The van der Waals surface area contributed by atoms with E-state index in [0.717, 1.165) is 6.42 Å². The summed E-state index contributed by atoms with van der Waals surface area (Å²) in [6.45, 7) is 4.39. The third kappa shape index (κ3) is 1.66. The van der Waals surface area contributed by atoms with E-state index in [1.165, 1.54) is 0 Å². The van der Waals surface area contributed by atoms with Crippen LogP contribution in [0, 0.1) is 5.41 Å². The largest absolute Gasteiger partial charge is 0.398 e. The number of benzene rings is 1. The van der Waals surface area contributed by atoms with Crippen molar-refractivity contribution in [2.75, 3.05) is 5.73 Å². The van der Waals surface area contributed by atoms with Crippen LogP contribution in [-0.2, 0) is 0 Å². The molecule has 1 heterocycles. The number of nitrogen functional groups attached to an aromatic ring is 1. The topological polar surface area (TPSA) is 69.6 Å². The summed E-state index contributed by atoms with van der Waals surface area (Å²) < 4.78 is 1.83. The van der Waals surface area contributed by atoms with Gasteiger partial charge in [0, 0.05) is 5.69 Å². The standard InChI is InChI=1S/C12H14ClN5/c1-12(2)6-9(12)18-11(15-16-17-18)10-7(13)4-3-5-8(10)14/h3-5,9H,6,14H2,1-2H3. The van der Waals surface area contributed by atoms with E-state index in [2.05, 4.69) is 29.4 Å². The van der Waals surface area contributed by atoms with E-state index >= 15 is 0 Å². The number of nitrogens with zero attached hydrogens (tertiary/aromatic N) is 4. The lowest BCUT2D eigenvalue weighted by molar-refractivity contribution is 0.497. The van der Waals surface area contributed by atoms with Crippen LogP contribution in [0.2, 0.25) is 5.02 Å². The maximum Gasteiger partial charge on any atom is 0.185 e. The van der Waals surface area contributed by atoms with Crippen LogP contribution >= 0.6 is 11.6 Å². The highest BCUT2D eigenvalue weighted by atomic mass is 35.5. The quantitative estimate of drug-likeness (QED) is 0.846. The Labute approximate surface area is 110 Å². The fourth-order valence-corrected chi connectivity index (χ4v) is 2.47. The number of halogens is 1. The summed E-state index contributed by atoms with van der Waals surface area (Å²) in [6, 6.07) is 5.73. The zero-order valence-corrected chi connectivity index (χ0v) is 11.0. The molecule has 0 saturated heterocycles. The van der Waals surface area contributed by atoms with Crippen molar-refractivity contribution >= 4 is 17.3 Å². The molecule has 0 amide bonds. The maximum atomic E-state index is 6.20. The maximum absolute atomic E-state index is 6.20. The molecule has 0 aliphatic heterocycles. The molecule has 1 aromatic carbocycles. The molecule has 6 heteroatoms. The van der Waals surface area contributed by atoms with Crippen molar-refractivity contribution in [2.24, 2.45) is 5.41 Å². The first-order valence-electron chi connectivity index (χ1n) is 5.83. The summed E-state index contributed by atoms with van der Waals surface area (Å²) in [5.41, 5.74) is 7.52. The van der Waals surface area contributed by atoms with Crippen LogP contribution in [0.25, 0.3) is 11.4 Å². The minimum atomic E-state index is 0.236. The average Bonchev–Trinajstić information content (AvgIpc) is 2.74. The van der Waals surface area contributed by atoms with Gasteiger partial charge >= 0.3 is 0 Å². The lowest BCUT2D eigenvalue weighted by atomic mass is 10.1. The third-order valence-corrected chi connectivity index (χ3v) is 3.83. The minimum Gasteiger partial charge on any atom is -0.398 e. The smallest absolute Gasteiger partial charge is 0.185 e.